The molecule has 0 spiro atoms. The molecule has 0 saturated carbocycles. The van der Waals surface area contributed by atoms with Gasteiger partial charge in [-0.1, -0.05) is 24.3 Å². The summed E-state index contributed by atoms with van der Waals surface area (Å²) in [6.45, 7) is 0. The van der Waals surface area contributed by atoms with Crippen molar-refractivity contribution >= 4 is 0 Å². The normalized spacial score (nSPS) is 22.5. The summed E-state index contributed by atoms with van der Waals surface area (Å²) >= 11 is 0. The van der Waals surface area contributed by atoms with Crippen molar-refractivity contribution in [1.82, 2.24) is 5.32 Å². The van der Waals surface area contributed by atoms with Crippen LogP contribution in [0.3, 0.4) is 0 Å². The third-order valence-electron chi connectivity index (χ3n) is 4.27. The molecule has 3 rings (SSSR count). The van der Waals surface area contributed by atoms with E-state index in [9.17, 15) is 9.50 Å². The van der Waals surface area contributed by atoms with Crippen molar-refractivity contribution in [3.05, 3.63) is 65.5 Å². The summed E-state index contributed by atoms with van der Waals surface area (Å²) in [4.78, 5) is 0. The average molecular weight is 301 g/mol. The molecule has 1 heterocycles. The molecule has 1 fully saturated rings. The lowest BCUT2D eigenvalue weighted by molar-refractivity contribution is 0.135. The van der Waals surface area contributed by atoms with Crippen molar-refractivity contribution in [3.63, 3.8) is 0 Å². The van der Waals surface area contributed by atoms with Crippen molar-refractivity contribution in [2.24, 2.45) is 0 Å². The number of methoxy groups -OCH3 is 1. The molecule has 0 aliphatic carbocycles. The molecule has 2 aromatic carbocycles. The molecular weight excluding hydrogens is 281 g/mol. The van der Waals surface area contributed by atoms with Crippen molar-refractivity contribution in [2.75, 3.05) is 7.11 Å². The van der Waals surface area contributed by atoms with Crippen molar-refractivity contribution in [3.8, 4) is 5.75 Å². The predicted octanol–water partition coefficient (Wildman–Crippen LogP) is 3.36. The van der Waals surface area contributed by atoms with Crippen LogP contribution < -0.4 is 10.1 Å². The highest BCUT2D eigenvalue weighted by molar-refractivity contribution is 5.30. The maximum absolute atomic E-state index is 13.3. The maximum atomic E-state index is 13.3. The number of ether oxygens (including phenoxy) is 1. The highest BCUT2D eigenvalue weighted by Gasteiger charge is 2.30. The summed E-state index contributed by atoms with van der Waals surface area (Å²) in [5, 5.41) is 13.9. The Hall–Kier alpha value is -1.91. The van der Waals surface area contributed by atoms with Gasteiger partial charge in [0.25, 0.3) is 0 Å². The van der Waals surface area contributed by atoms with E-state index in [2.05, 4.69) is 5.32 Å². The molecule has 1 aliphatic rings. The van der Waals surface area contributed by atoms with E-state index in [1.165, 1.54) is 17.7 Å². The Balaban J connectivity index is 1.68. The Morgan fingerprint density at radius 1 is 1.18 bits per heavy atom. The number of halogens is 1. The standard InChI is InChI=1S/C18H20FNO2/c1-22-15-7-5-12(6-8-15)16-9-10-17(20-16)18(21)13-3-2-4-14(19)11-13/h2-8,11,16-18,20-21H,9-10H2,1H3/t16-,17+,18+/m0/s1. The number of hydrogen-bond donors (Lipinski definition) is 2. The van der Waals surface area contributed by atoms with Crippen LogP contribution >= 0.6 is 0 Å². The molecule has 0 unspecified atom stereocenters. The lowest BCUT2D eigenvalue weighted by Gasteiger charge is -2.20. The van der Waals surface area contributed by atoms with Crippen LogP contribution in [0.15, 0.2) is 48.5 Å². The van der Waals surface area contributed by atoms with E-state index in [1.807, 2.05) is 24.3 Å². The Morgan fingerprint density at radius 2 is 1.95 bits per heavy atom. The summed E-state index contributed by atoms with van der Waals surface area (Å²) in [5.41, 5.74) is 1.79. The Labute approximate surface area is 129 Å². The first-order valence-electron chi connectivity index (χ1n) is 7.51. The number of hydrogen-bond acceptors (Lipinski definition) is 3. The molecule has 4 heteroatoms. The second-order valence-corrected chi connectivity index (χ2v) is 5.68. The third-order valence-corrected chi connectivity index (χ3v) is 4.27. The summed E-state index contributed by atoms with van der Waals surface area (Å²) in [6.07, 6.45) is 1.11. The highest BCUT2D eigenvalue weighted by atomic mass is 19.1. The molecule has 0 radical (unpaired) electrons. The van der Waals surface area contributed by atoms with Crippen LogP contribution in [0.2, 0.25) is 0 Å². The second kappa shape index (κ2) is 6.46. The topological polar surface area (TPSA) is 41.5 Å². The molecule has 2 aromatic rings. The fraction of sp³-hybridized carbons (Fsp3) is 0.333. The first kappa shape index (κ1) is 15.0. The monoisotopic (exact) mass is 301 g/mol. The minimum atomic E-state index is -0.695. The third kappa shape index (κ3) is 3.13. The highest BCUT2D eigenvalue weighted by Crippen LogP contribution is 2.33. The van der Waals surface area contributed by atoms with Crippen LogP contribution in [-0.2, 0) is 0 Å². The fourth-order valence-corrected chi connectivity index (χ4v) is 3.04. The lowest BCUT2D eigenvalue weighted by atomic mass is 10.0. The molecule has 3 nitrogen and oxygen atoms in total. The van der Waals surface area contributed by atoms with Crippen LogP contribution in [0.4, 0.5) is 4.39 Å². The molecule has 116 valence electrons. The largest absolute Gasteiger partial charge is 0.497 e. The number of aliphatic hydroxyl groups is 1. The SMILES string of the molecule is COc1ccc([C@@H]2CC[C@H]([C@H](O)c3cccc(F)c3)N2)cc1. The number of benzene rings is 2. The van der Waals surface area contributed by atoms with Gasteiger partial charge in [-0.2, -0.15) is 0 Å². The van der Waals surface area contributed by atoms with Gasteiger partial charge in [0.2, 0.25) is 0 Å². The summed E-state index contributed by atoms with van der Waals surface area (Å²) < 4.78 is 18.4. The Bertz CT molecular complexity index is 629. The molecule has 0 aromatic heterocycles. The predicted molar refractivity (Wildman–Crippen MR) is 83.3 cm³/mol. The van der Waals surface area contributed by atoms with Crippen LogP contribution in [0, 0.1) is 5.82 Å². The molecule has 1 saturated heterocycles. The molecule has 0 amide bonds. The van der Waals surface area contributed by atoms with Gasteiger partial charge < -0.3 is 15.2 Å². The van der Waals surface area contributed by atoms with E-state index in [0.717, 1.165) is 18.6 Å². The van der Waals surface area contributed by atoms with E-state index in [1.54, 1.807) is 19.2 Å². The van der Waals surface area contributed by atoms with Crippen molar-refractivity contribution in [1.29, 1.82) is 0 Å². The molecular formula is C18H20FNO2. The first-order valence-corrected chi connectivity index (χ1v) is 7.51. The van der Waals surface area contributed by atoms with E-state index in [0.29, 0.717) is 5.56 Å². The first-order chi connectivity index (χ1) is 10.7. The van der Waals surface area contributed by atoms with Crippen LogP contribution in [0.5, 0.6) is 5.75 Å². The van der Waals surface area contributed by atoms with Gasteiger partial charge in [0.1, 0.15) is 11.6 Å². The molecule has 0 bridgehead atoms. The fourth-order valence-electron chi connectivity index (χ4n) is 3.04. The van der Waals surface area contributed by atoms with E-state index in [4.69, 9.17) is 4.74 Å². The van der Waals surface area contributed by atoms with Gasteiger partial charge >= 0.3 is 0 Å². The molecule has 2 N–H and O–H groups in total. The summed E-state index contributed by atoms with van der Waals surface area (Å²) in [5.74, 6) is 0.513. The van der Waals surface area contributed by atoms with Gasteiger partial charge in [-0.05, 0) is 48.2 Å². The smallest absolute Gasteiger partial charge is 0.123 e. The van der Waals surface area contributed by atoms with Crippen molar-refractivity contribution < 1.29 is 14.2 Å². The summed E-state index contributed by atoms with van der Waals surface area (Å²) in [7, 11) is 1.65. The van der Waals surface area contributed by atoms with Gasteiger partial charge in [-0.3, -0.25) is 0 Å². The maximum Gasteiger partial charge on any atom is 0.123 e. The molecule has 1 aliphatic heterocycles. The van der Waals surface area contributed by atoms with Crippen LogP contribution in [-0.4, -0.2) is 18.3 Å². The Morgan fingerprint density at radius 3 is 2.64 bits per heavy atom. The zero-order valence-electron chi connectivity index (χ0n) is 12.5. The molecule has 3 atom stereocenters. The summed E-state index contributed by atoms with van der Waals surface area (Å²) in [6, 6.07) is 14.3. The van der Waals surface area contributed by atoms with E-state index < -0.39 is 6.10 Å². The van der Waals surface area contributed by atoms with E-state index in [-0.39, 0.29) is 17.9 Å². The van der Waals surface area contributed by atoms with Gasteiger partial charge in [0.05, 0.1) is 13.2 Å². The van der Waals surface area contributed by atoms with Gasteiger partial charge in [-0.15, -0.1) is 0 Å². The number of nitrogens with one attached hydrogen (secondary N) is 1. The molecule has 22 heavy (non-hydrogen) atoms. The van der Waals surface area contributed by atoms with Crippen molar-refractivity contribution in [2.45, 2.75) is 31.0 Å². The van der Waals surface area contributed by atoms with Gasteiger partial charge in [-0.25, -0.2) is 4.39 Å². The number of aliphatic hydroxyl groups excluding tert-OH is 1. The quantitative estimate of drug-likeness (QED) is 0.910. The zero-order chi connectivity index (χ0) is 15.5. The van der Waals surface area contributed by atoms with Crippen LogP contribution in [0.25, 0.3) is 0 Å². The van der Waals surface area contributed by atoms with E-state index >= 15 is 0 Å². The zero-order valence-corrected chi connectivity index (χ0v) is 12.5. The average Bonchev–Trinajstić information content (AvgIpc) is 3.04. The van der Waals surface area contributed by atoms with Gasteiger partial charge in [0.15, 0.2) is 0 Å². The Kier molecular flexibility index (Phi) is 4.41. The second-order valence-electron chi connectivity index (χ2n) is 5.68. The minimum absolute atomic E-state index is 0.0612. The van der Waals surface area contributed by atoms with Crippen LogP contribution in [0.1, 0.15) is 36.1 Å². The lowest BCUT2D eigenvalue weighted by Crippen LogP contribution is -2.30. The number of rotatable bonds is 4. The van der Waals surface area contributed by atoms with Gasteiger partial charge in [0, 0.05) is 12.1 Å². The minimum Gasteiger partial charge on any atom is -0.497 e.